The van der Waals surface area contributed by atoms with Gasteiger partial charge in [0.15, 0.2) is 0 Å². The van der Waals surface area contributed by atoms with Gasteiger partial charge in [0.25, 0.3) is 0 Å². The average molecular weight is 270 g/mol. The highest BCUT2D eigenvalue weighted by Crippen LogP contribution is 2.29. The van der Waals surface area contributed by atoms with E-state index in [1.54, 1.807) is 0 Å². The maximum absolute atomic E-state index is 12.3. The largest absolute Gasteiger partial charge is 0.381 e. The van der Waals surface area contributed by atoms with E-state index in [-0.39, 0.29) is 5.91 Å². The smallest absolute Gasteiger partial charge is 0.227 e. The normalized spacial score (nSPS) is 24.1. The molecule has 2 aliphatic rings. The van der Waals surface area contributed by atoms with Crippen molar-refractivity contribution in [3.05, 3.63) is 0 Å². The maximum atomic E-state index is 12.3. The molecule has 0 bridgehead atoms. The fourth-order valence-corrected chi connectivity index (χ4v) is 2.90. The Kier molecular flexibility index (Phi) is 5.60. The van der Waals surface area contributed by atoms with Gasteiger partial charge in [-0.1, -0.05) is 0 Å². The molecule has 0 aromatic rings. The summed E-state index contributed by atoms with van der Waals surface area (Å²) in [5.41, 5.74) is 5.43. The van der Waals surface area contributed by atoms with Crippen LogP contribution in [0.4, 0.5) is 0 Å². The molecule has 0 aliphatic carbocycles. The third-order valence-electron chi connectivity index (χ3n) is 4.50. The van der Waals surface area contributed by atoms with Crippen LogP contribution in [0, 0.1) is 11.3 Å². The van der Waals surface area contributed by atoms with E-state index in [4.69, 9.17) is 15.2 Å². The van der Waals surface area contributed by atoms with E-state index in [1.165, 1.54) is 0 Å². The third-order valence-corrected chi connectivity index (χ3v) is 4.50. The Morgan fingerprint density at radius 3 is 2.42 bits per heavy atom. The van der Waals surface area contributed by atoms with Gasteiger partial charge in [-0.05, 0) is 38.0 Å². The van der Waals surface area contributed by atoms with Crippen molar-refractivity contribution >= 4 is 5.91 Å². The lowest BCUT2D eigenvalue weighted by molar-refractivity contribution is -0.135. The number of carbonyl (C=O) groups is 1. The quantitative estimate of drug-likeness (QED) is 0.770. The summed E-state index contributed by atoms with van der Waals surface area (Å²) in [4.78, 5) is 12.3. The molecule has 2 aliphatic heterocycles. The molecule has 110 valence electrons. The van der Waals surface area contributed by atoms with Crippen LogP contribution < -0.4 is 11.1 Å². The molecule has 0 aromatic carbocycles. The zero-order valence-corrected chi connectivity index (χ0v) is 11.7. The molecule has 0 unspecified atom stereocenters. The minimum Gasteiger partial charge on any atom is -0.381 e. The Morgan fingerprint density at radius 2 is 1.79 bits per heavy atom. The number of hydrogen-bond acceptors (Lipinski definition) is 4. The summed E-state index contributed by atoms with van der Waals surface area (Å²) in [5.74, 6) is 0.808. The second-order valence-electron chi connectivity index (χ2n) is 5.70. The zero-order chi connectivity index (χ0) is 13.6. The molecule has 2 fully saturated rings. The van der Waals surface area contributed by atoms with E-state index in [0.717, 1.165) is 51.9 Å². The number of rotatable bonds is 5. The summed E-state index contributed by atoms with van der Waals surface area (Å²) in [7, 11) is 0. The molecular weight excluding hydrogens is 244 g/mol. The second-order valence-corrected chi connectivity index (χ2v) is 5.70. The molecular formula is C14H26N2O3. The summed E-state index contributed by atoms with van der Waals surface area (Å²) >= 11 is 0. The van der Waals surface area contributed by atoms with Gasteiger partial charge in [-0.15, -0.1) is 0 Å². The van der Waals surface area contributed by atoms with Crippen LogP contribution in [0.2, 0.25) is 0 Å². The van der Waals surface area contributed by atoms with Gasteiger partial charge < -0.3 is 20.5 Å². The van der Waals surface area contributed by atoms with Crippen LogP contribution in [-0.4, -0.2) is 45.4 Å². The zero-order valence-electron chi connectivity index (χ0n) is 11.7. The number of carbonyl (C=O) groups excluding carboxylic acids is 1. The van der Waals surface area contributed by atoms with Gasteiger partial charge in [0.05, 0.1) is 5.41 Å². The minimum atomic E-state index is -0.395. The van der Waals surface area contributed by atoms with Crippen LogP contribution >= 0.6 is 0 Å². The van der Waals surface area contributed by atoms with Crippen LogP contribution in [0.1, 0.15) is 32.1 Å². The van der Waals surface area contributed by atoms with E-state index in [1.807, 2.05) is 0 Å². The first-order chi connectivity index (χ1) is 9.27. The molecule has 0 spiro atoms. The van der Waals surface area contributed by atoms with Crippen molar-refractivity contribution in [1.82, 2.24) is 5.32 Å². The van der Waals surface area contributed by atoms with Crippen molar-refractivity contribution in [2.24, 2.45) is 17.1 Å². The molecule has 5 heteroatoms. The first-order valence-corrected chi connectivity index (χ1v) is 7.41. The third kappa shape index (κ3) is 3.91. The number of hydrogen-bond donors (Lipinski definition) is 2. The van der Waals surface area contributed by atoms with Crippen LogP contribution in [0.3, 0.4) is 0 Å². The fourth-order valence-electron chi connectivity index (χ4n) is 2.90. The lowest BCUT2D eigenvalue weighted by Gasteiger charge is -2.34. The highest BCUT2D eigenvalue weighted by atomic mass is 16.5. The summed E-state index contributed by atoms with van der Waals surface area (Å²) in [6.45, 7) is 4.19. The molecule has 2 heterocycles. The van der Waals surface area contributed by atoms with Gasteiger partial charge in [-0.3, -0.25) is 4.79 Å². The Bertz CT molecular complexity index is 284. The van der Waals surface area contributed by atoms with Gasteiger partial charge in [0.1, 0.15) is 0 Å². The topological polar surface area (TPSA) is 73.6 Å². The molecule has 0 atom stereocenters. The maximum Gasteiger partial charge on any atom is 0.227 e. The highest BCUT2D eigenvalue weighted by molar-refractivity contribution is 5.83. The Hall–Kier alpha value is -0.650. The van der Waals surface area contributed by atoms with Crippen LogP contribution in [0.5, 0.6) is 0 Å². The molecule has 0 aromatic heterocycles. The molecule has 1 amide bonds. The average Bonchev–Trinajstić information content (AvgIpc) is 2.49. The predicted molar refractivity (Wildman–Crippen MR) is 72.7 cm³/mol. The number of nitrogens with one attached hydrogen (secondary N) is 1. The molecule has 3 N–H and O–H groups in total. The van der Waals surface area contributed by atoms with Gasteiger partial charge >= 0.3 is 0 Å². The molecule has 2 saturated heterocycles. The Balaban J connectivity index is 1.73. The minimum absolute atomic E-state index is 0.116. The standard InChI is InChI=1S/C14H26N2O3/c15-11-14(4-9-19-10-5-14)13(17)16-6-1-12-2-7-18-8-3-12/h12H,1-11,15H2,(H,16,17). The van der Waals surface area contributed by atoms with Gasteiger partial charge in [0.2, 0.25) is 5.91 Å². The van der Waals surface area contributed by atoms with E-state index >= 15 is 0 Å². The molecule has 19 heavy (non-hydrogen) atoms. The number of ether oxygens (including phenoxy) is 2. The van der Waals surface area contributed by atoms with E-state index in [9.17, 15) is 4.79 Å². The molecule has 0 saturated carbocycles. The monoisotopic (exact) mass is 270 g/mol. The van der Waals surface area contributed by atoms with Crippen molar-refractivity contribution in [2.45, 2.75) is 32.1 Å². The van der Waals surface area contributed by atoms with E-state index in [2.05, 4.69) is 5.32 Å². The lowest BCUT2D eigenvalue weighted by atomic mass is 9.79. The molecule has 5 nitrogen and oxygen atoms in total. The van der Waals surface area contributed by atoms with Gasteiger partial charge in [0, 0.05) is 39.5 Å². The van der Waals surface area contributed by atoms with E-state index < -0.39 is 5.41 Å². The number of nitrogens with two attached hydrogens (primary N) is 1. The van der Waals surface area contributed by atoms with Crippen molar-refractivity contribution in [3.63, 3.8) is 0 Å². The second kappa shape index (κ2) is 7.22. The molecule has 2 rings (SSSR count). The highest BCUT2D eigenvalue weighted by Gasteiger charge is 2.38. The fraction of sp³-hybridized carbons (Fsp3) is 0.929. The van der Waals surface area contributed by atoms with Crippen molar-refractivity contribution in [1.29, 1.82) is 0 Å². The summed E-state index contributed by atoms with van der Waals surface area (Å²) < 4.78 is 10.7. The molecule has 0 radical (unpaired) electrons. The first-order valence-electron chi connectivity index (χ1n) is 7.41. The summed E-state index contributed by atoms with van der Waals surface area (Å²) in [6, 6.07) is 0. The Morgan fingerprint density at radius 1 is 1.16 bits per heavy atom. The summed E-state index contributed by atoms with van der Waals surface area (Å²) in [6.07, 6.45) is 4.77. The van der Waals surface area contributed by atoms with Crippen LogP contribution in [0.25, 0.3) is 0 Å². The first kappa shape index (κ1) is 14.8. The van der Waals surface area contributed by atoms with Crippen LogP contribution in [-0.2, 0) is 14.3 Å². The lowest BCUT2D eigenvalue weighted by Crippen LogP contribution is -2.49. The SMILES string of the molecule is NCC1(C(=O)NCCC2CCOCC2)CCOCC1. The number of amides is 1. The van der Waals surface area contributed by atoms with Crippen molar-refractivity contribution in [3.8, 4) is 0 Å². The van der Waals surface area contributed by atoms with Gasteiger partial charge in [-0.25, -0.2) is 0 Å². The van der Waals surface area contributed by atoms with Crippen molar-refractivity contribution in [2.75, 3.05) is 39.5 Å². The van der Waals surface area contributed by atoms with Crippen LogP contribution in [0.15, 0.2) is 0 Å². The van der Waals surface area contributed by atoms with Crippen molar-refractivity contribution < 1.29 is 14.3 Å². The van der Waals surface area contributed by atoms with E-state index in [0.29, 0.717) is 25.7 Å². The predicted octanol–water partition coefficient (Wildman–Crippen LogP) is 0.675. The summed E-state index contributed by atoms with van der Waals surface area (Å²) in [5, 5.41) is 3.08. The Labute approximate surface area is 115 Å². The van der Waals surface area contributed by atoms with Gasteiger partial charge in [-0.2, -0.15) is 0 Å².